The predicted octanol–water partition coefficient (Wildman–Crippen LogP) is 2.83. The Kier molecular flexibility index (Phi) is 5.83. The van der Waals surface area contributed by atoms with Gasteiger partial charge in [-0.2, -0.15) is 5.01 Å². The van der Waals surface area contributed by atoms with Gasteiger partial charge < -0.3 is 5.32 Å². The number of nitrogens with zero attached hydrogens (tertiary/aromatic N) is 1. The van der Waals surface area contributed by atoms with Gasteiger partial charge in [-0.1, -0.05) is 19.3 Å². The van der Waals surface area contributed by atoms with Crippen LogP contribution in [0.2, 0.25) is 0 Å². The lowest BCUT2D eigenvalue weighted by Gasteiger charge is -2.30. The zero-order valence-corrected chi connectivity index (χ0v) is 18.7. The number of hydrogen-bond acceptors (Lipinski definition) is 5. The third kappa shape index (κ3) is 4.40. The van der Waals surface area contributed by atoms with Gasteiger partial charge in [0, 0.05) is 11.3 Å². The highest BCUT2D eigenvalue weighted by Gasteiger charge is 2.52. The molecule has 9 nitrogen and oxygen atoms in total. The largest absolute Gasteiger partial charge is 0.344 e. The zero-order valence-electron chi connectivity index (χ0n) is 17.9. The van der Waals surface area contributed by atoms with Crippen molar-refractivity contribution in [2.75, 3.05) is 4.72 Å². The number of anilines is 1. The first-order valence-electron chi connectivity index (χ1n) is 10.5. The SMILES string of the molecule is Cc1cc(S(=O)(=O)Nc2ccc(C(=O)NN3C(=O)NC4(CCCCC4)C3=O)cc2)ccc1F. The van der Waals surface area contributed by atoms with Crippen LogP contribution in [-0.2, 0) is 14.8 Å². The van der Waals surface area contributed by atoms with Crippen molar-refractivity contribution in [3.05, 3.63) is 59.4 Å². The van der Waals surface area contributed by atoms with Crippen LogP contribution in [0.5, 0.6) is 0 Å². The number of urea groups is 1. The van der Waals surface area contributed by atoms with E-state index in [0.29, 0.717) is 17.9 Å². The number of carbonyl (C=O) groups excluding carboxylic acids is 3. The van der Waals surface area contributed by atoms with Crippen LogP contribution in [0.25, 0.3) is 0 Å². The molecule has 4 amide bonds. The first-order chi connectivity index (χ1) is 15.6. The van der Waals surface area contributed by atoms with Crippen molar-refractivity contribution in [2.24, 2.45) is 0 Å². The molecule has 2 fully saturated rings. The molecule has 1 aliphatic carbocycles. The van der Waals surface area contributed by atoms with E-state index in [4.69, 9.17) is 0 Å². The molecule has 1 saturated heterocycles. The van der Waals surface area contributed by atoms with Crippen LogP contribution in [0.15, 0.2) is 47.4 Å². The molecular formula is C22H23FN4O5S. The highest BCUT2D eigenvalue weighted by atomic mass is 32.2. The summed E-state index contributed by atoms with van der Waals surface area (Å²) < 4.78 is 40.9. The molecule has 33 heavy (non-hydrogen) atoms. The predicted molar refractivity (Wildman–Crippen MR) is 117 cm³/mol. The summed E-state index contributed by atoms with van der Waals surface area (Å²) in [6.45, 7) is 1.46. The zero-order chi connectivity index (χ0) is 23.8. The van der Waals surface area contributed by atoms with Gasteiger partial charge in [0.15, 0.2) is 0 Å². The number of rotatable bonds is 5. The van der Waals surface area contributed by atoms with Crippen LogP contribution in [0.4, 0.5) is 14.9 Å². The molecule has 0 aromatic heterocycles. The molecule has 2 aromatic rings. The standard InChI is InChI=1S/C22H23FN4O5S/c1-14-13-17(9-10-18(14)23)33(31,32)26-16-7-5-15(6-8-16)19(28)25-27-20(29)22(24-21(27)30)11-3-2-4-12-22/h5-10,13,26H,2-4,11-12H2,1H3,(H,24,30)(H,25,28). The van der Waals surface area contributed by atoms with E-state index in [9.17, 15) is 27.2 Å². The summed E-state index contributed by atoms with van der Waals surface area (Å²) in [7, 11) is -3.96. The molecule has 0 unspecified atom stereocenters. The van der Waals surface area contributed by atoms with Crippen LogP contribution in [0.3, 0.4) is 0 Å². The normalized spacial score (nSPS) is 17.7. The molecule has 1 saturated carbocycles. The van der Waals surface area contributed by atoms with Crippen molar-refractivity contribution < 1.29 is 27.2 Å². The number of sulfonamides is 1. The van der Waals surface area contributed by atoms with Gasteiger partial charge in [-0.3, -0.25) is 19.7 Å². The molecule has 0 radical (unpaired) electrons. The summed E-state index contributed by atoms with van der Waals surface area (Å²) in [5, 5.41) is 3.42. The van der Waals surface area contributed by atoms with E-state index in [1.807, 2.05) is 0 Å². The van der Waals surface area contributed by atoms with Gasteiger partial charge in [-0.05, 0) is 67.8 Å². The van der Waals surface area contributed by atoms with Crippen molar-refractivity contribution in [3.63, 3.8) is 0 Å². The van der Waals surface area contributed by atoms with Crippen molar-refractivity contribution in [2.45, 2.75) is 49.5 Å². The molecule has 2 aromatic carbocycles. The minimum atomic E-state index is -3.96. The Labute approximate surface area is 190 Å². The van der Waals surface area contributed by atoms with E-state index in [0.717, 1.165) is 31.4 Å². The maximum absolute atomic E-state index is 13.4. The molecule has 0 atom stereocenters. The molecule has 0 bridgehead atoms. The summed E-state index contributed by atoms with van der Waals surface area (Å²) >= 11 is 0. The van der Waals surface area contributed by atoms with Crippen LogP contribution in [-0.4, -0.2) is 36.8 Å². The fourth-order valence-corrected chi connectivity index (χ4v) is 5.21. The Bertz CT molecular complexity index is 1220. The Morgan fingerprint density at radius 1 is 1.06 bits per heavy atom. The summed E-state index contributed by atoms with van der Waals surface area (Å²) in [6, 6.07) is 8.24. The average molecular weight is 475 g/mol. The van der Waals surface area contributed by atoms with E-state index in [1.54, 1.807) is 0 Å². The molecule has 1 heterocycles. The van der Waals surface area contributed by atoms with Gasteiger partial charge in [-0.15, -0.1) is 0 Å². The second-order valence-corrected chi connectivity index (χ2v) is 9.93. The number of nitrogens with one attached hydrogen (secondary N) is 3. The molecule has 3 N–H and O–H groups in total. The summed E-state index contributed by atoms with van der Waals surface area (Å²) in [5.41, 5.74) is 1.88. The average Bonchev–Trinajstić information content (AvgIpc) is 3.00. The number of hydrazine groups is 1. The quantitative estimate of drug-likeness (QED) is 0.575. The van der Waals surface area contributed by atoms with Crippen LogP contribution < -0.4 is 15.5 Å². The maximum Gasteiger partial charge on any atom is 0.344 e. The molecule has 174 valence electrons. The number of halogens is 1. The summed E-state index contributed by atoms with van der Waals surface area (Å²) in [4.78, 5) is 37.6. The van der Waals surface area contributed by atoms with Crippen molar-refractivity contribution >= 4 is 33.6 Å². The third-order valence-corrected chi connectivity index (χ3v) is 7.30. The Balaban J connectivity index is 1.44. The van der Waals surface area contributed by atoms with E-state index >= 15 is 0 Å². The van der Waals surface area contributed by atoms with Crippen molar-refractivity contribution in [1.29, 1.82) is 0 Å². The second-order valence-electron chi connectivity index (χ2n) is 8.25. The Morgan fingerprint density at radius 2 is 1.73 bits per heavy atom. The number of amides is 4. The van der Waals surface area contributed by atoms with Gasteiger partial charge >= 0.3 is 6.03 Å². The number of hydrogen-bond donors (Lipinski definition) is 3. The van der Waals surface area contributed by atoms with E-state index < -0.39 is 39.2 Å². The lowest BCUT2D eigenvalue weighted by atomic mass is 9.82. The fourth-order valence-electron chi connectivity index (χ4n) is 4.07. The number of imide groups is 1. The maximum atomic E-state index is 13.4. The topological polar surface area (TPSA) is 125 Å². The van der Waals surface area contributed by atoms with Crippen LogP contribution in [0.1, 0.15) is 48.0 Å². The van der Waals surface area contributed by atoms with Crippen LogP contribution >= 0.6 is 0 Å². The van der Waals surface area contributed by atoms with Gasteiger partial charge in [0.25, 0.3) is 21.8 Å². The fraction of sp³-hybridized carbons (Fsp3) is 0.318. The van der Waals surface area contributed by atoms with Gasteiger partial charge in [-0.25, -0.2) is 17.6 Å². The van der Waals surface area contributed by atoms with Gasteiger partial charge in [0.2, 0.25) is 0 Å². The first kappa shape index (κ1) is 22.7. The highest BCUT2D eigenvalue weighted by Crippen LogP contribution is 2.33. The lowest BCUT2D eigenvalue weighted by molar-refractivity contribution is -0.134. The monoisotopic (exact) mass is 474 g/mol. The van der Waals surface area contributed by atoms with E-state index in [-0.39, 0.29) is 21.7 Å². The summed E-state index contributed by atoms with van der Waals surface area (Å²) in [6.07, 6.45) is 3.71. The third-order valence-electron chi connectivity index (χ3n) is 5.92. The van der Waals surface area contributed by atoms with Crippen LogP contribution in [0, 0.1) is 12.7 Å². The van der Waals surface area contributed by atoms with E-state index in [2.05, 4.69) is 15.5 Å². The number of carbonyl (C=O) groups is 3. The Hall–Kier alpha value is -3.47. The minimum absolute atomic E-state index is 0.0987. The molecule has 11 heteroatoms. The molecule has 1 aliphatic heterocycles. The summed E-state index contributed by atoms with van der Waals surface area (Å²) in [5.74, 6) is -1.67. The second kappa shape index (κ2) is 8.47. The number of benzene rings is 2. The molecule has 2 aliphatic rings. The van der Waals surface area contributed by atoms with E-state index in [1.165, 1.54) is 37.3 Å². The van der Waals surface area contributed by atoms with Gasteiger partial charge in [0.05, 0.1) is 4.90 Å². The highest BCUT2D eigenvalue weighted by molar-refractivity contribution is 7.92. The van der Waals surface area contributed by atoms with Gasteiger partial charge in [0.1, 0.15) is 11.4 Å². The lowest BCUT2D eigenvalue weighted by Crippen LogP contribution is -2.50. The van der Waals surface area contributed by atoms with Crippen molar-refractivity contribution in [1.82, 2.24) is 15.8 Å². The molecule has 1 spiro atoms. The van der Waals surface area contributed by atoms with Crippen molar-refractivity contribution in [3.8, 4) is 0 Å². The first-order valence-corrected chi connectivity index (χ1v) is 12.0. The molecular weight excluding hydrogens is 451 g/mol. The smallest absolute Gasteiger partial charge is 0.322 e. The minimum Gasteiger partial charge on any atom is -0.322 e. The molecule has 4 rings (SSSR count). The number of aryl methyl sites for hydroxylation is 1. The Morgan fingerprint density at radius 3 is 2.36 bits per heavy atom.